The van der Waals surface area contributed by atoms with Gasteiger partial charge in [0.05, 0.1) is 0 Å². The van der Waals surface area contributed by atoms with Gasteiger partial charge in [-0.1, -0.05) is 0 Å². The summed E-state index contributed by atoms with van der Waals surface area (Å²) in [7, 11) is 0. The van der Waals surface area contributed by atoms with Crippen molar-refractivity contribution < 1.29 is 24.1 Å². The lowest BCUT2D eigenvalue weighted by atomic mass is 9.93. The molecule has 1 aromatic heterocycles. The van der Waals surface area contributed by atoms with Gasteiger partial charge in [-0.2, -0.15) is 0 Å². The summed E-state index contributed by atoms with van der Waals surface area (Å²) in [6.07, 6.45) is 0.513. The summed E-state index contributed by atoms with van der Waals surface area (Å²) in [5, 5.41) is 19.1. The lowest BCUT2D eigenvalue weighted by molar-refractivity contribution is -0.139. The highest BCUT2D eigenvalue weighted by Crippen LogP contribution is 2.32. The molecule has 30 heavy (non-hydrogen) atoms. The van der Waals surface area contributed by atoms with Gasteiger partial charge in [0.25, 0.3) is 0 Å². The standard InChI is InChI=1S/C24H24FNO4/c1-13-7-17(10-18(25)8-13)24-21(27)6-5-19(26-24)11-20-14(2)9-22(16(4)15(20)3)30-12-23(28)29/h5-10,27H,11-12H2,1-4H3,(H,28,29). The Labute approximate surface area is 174 Å². The van der Waals surface area contributed by atoms with Crippen LogP contribution in [0.5, 0.6) is 11.5 Å². The fourth-order valence-electron chi connectivity index (χ4n) is 3.52. The Kier molecular flexibility index (Phi) is 6.06. The number of carboxylic acids is 1. The maximum Gasteiger partial charge on any atom is 0.341 e. The molecule has 2 aromatic carbocycles. The fourth-order valence-corrected chi connectivity index (χ4v) is 3.52. The zero-order chi connectivity index (χ0) is 22.0. The minimum absolute atomic E-state index is 0.00852. The van der Waals surface area contributed by atoms with E-state index in [0.29, 0.717) is 23.4 Å². The van der Waals surface area contributed by atoms with Gasteiger partial charge in [-0.3, -0.25) is 0 Å². The van der Waals surface area contributed by atoms with Gasteiger partial charge in [-0.25, -0.2) is 14.2 Å². The number of nitrogens with zero attached hydrogens (tertiary/aromatic N) is 1. The fraction of sp³-hybridized carbons (Fsp3) is 0.250. The van der Waals surface area contributed by atoms with Crippen molar-refractivity contribution in [2.75, 3.05) is 6.61 Å². The number of aliphatic carboxylic acids is 1. The average molecular weight is 409 g/mol. The van der Waals surface area contributed by atoms with E-state index < -0.39 is 12.6 Å². The van der Waals surface area contributed by atoms with E-state index in [0.717, 1.165) is 33.5 Å². The van der Waals surface area contributed by atoms with Crippen LogP contribution in [0.4, 0.5) is 4.39 Å². The average Bonchev–Trinajstić information content (AvgIpc) is 2.67. The highest BCUT2D eigenvalue weighted by molar-refractivity contribution is 5.69. The third-order valence-electron chi connectivity index (χ3n) is 5.16. The molecule has 2 N–H and O–H groups in total. The molecule has 0 fully saturated rings. The molecule has 0 atom stereocenters. The van der Waals surface area contributed by atoms with Crippen molar-refractivity contribution in [1.82, 2.24) is 4.98 Å². The Morgan fingerprint density at radius 2 is 1.80 bits per heavy atom. The molecule has 156 valence electrons. The molecule has 0 bridgehead atoms. The minimum Gasteiger partial charge on any atom is -0.506 e. The van der Waals surface area contributed by atoms with E-state index in [1.54, 1.807) is 25.1 Å². The second kappa shape index (κ2) is 8.53. The van der Waals surface area contributed by atoms with Crippen molar-refractivity contribution in [3.05, 3.63) is 75.7 Å². The van der Waals surface area contributed by atoms with Crippen molar-refractivity contribution in [3.8, 4) is 22.8 Å². The number of hydrogen-bond donors (Lipinski definition) is 2. The van der Waals surface area contributed by atoms with Crippen LogP contribution in [0.1, 0.15) is 33.5 Å². The van der Waals surface area contributed by atoms with E-state index in [2.05, 4.69) is 4.98 Å². The summed E-state index contributed by atoms with van der Waals surface area (Å²) >= 11 is 0. The highest BCUT2D eigenvalue weighted by Gasteiger charge is 2.15. The monoisotopic (exact) mass is 409 g/mol. The normalized spacial score (nSPS) is 10.8. The second-order valence-corrected chi connectivity index (χ2v) is 7.47. The molecule has 0 spiro atoms. The van der Waals surface area contributed by atoms with Crippen molar-refractivity contribution in [3.63, 3.8) is 0 Å². The first kappa shape index (κ1) is 21.3. The van der Waals surface area contributed by atoms with E-state index in [-0.39, 0.29) is 11.6 Å². The maximum absolute atomic E-state index is 13.8. The third kappa shape index (κ3) is 4.59. The molecule has 0 radical (unpaired) electrons. The largest absolute Gasteiger partial charge is 0.506 e. The summed E-state index contributed by atoms with van der Waals surface area (Å²) in [5.74, 6) is -0.866. The molecule has 0 amide bonds. The molecule has 1 heterocycles. The number of benzene rings is 2. The number of halogens is 1. The highest BCUT2D eigenvalue weighted by atomic mass is 19.1. The van der Waals surface area contributed by atoms with Crippen molar-refractivity contribution >= 4 is 5.97 Å². The molecule has 0 unspecified atom stereocenters. The maximum atomic E-state index is 13.8. The lowest BCUT2D eigenvalue weighted by Crippen LogP contribution is -2.11. The predicted octanol–water partition coefficient (Wildman–Crippen LogP) is 4.88. The first-order valence-electron chi connectivity index (χ1n) is 9.56. The number of rotatable bonds is 6. The first-order valence-corrected chi connectivity index (χ1v) is 9.56. The number of aromatic hydroxyl groups is 1. The Hall–Kier alpha value is -3.41. The quantitative estimate of drug-likeness (QED) is 0.607. The molecule has 3 aromatic rings. The van der Waals surface area contributed by atoms with Gasteiger partial charge in [0.1, 0.15) is 23.0 Å². The van der Waals surface area contributed by atoms with Crippen LogP contribution in [0.2, 0.25) is 0 Å². The molecule has 3 rings (SSSR count). The van der Waals surface area contributed by atoms with Gasteiger partial charge in [-0.15, -0.1) is 0 Å². The number of aryl methyl sites for hydroxylation is 2. The van der Waals surface area contributed by atoms with E-state index in [4.69, 9.17) is 9.84 Å². The van der Waals surface area contributed by atoms with Crippen molar-refractivity contribution in [1.29, 1.82) is 0 Å². The smallest absolute Gasteiger partial charge is 0.341 e. The van der Waals surface area contributed by atoms with Gasteiger partial charge in [0, 0.05) is 17.7 Å². The van der Waals surface area contributed by atoms with Crippen LogP contribution in [-0.2, 0) is 11.2 Å². The van der Waals surface area contributed by atoms with Crippen LogP contribution < -0.4 is 4.74 Å². The third-order valence-corrected chi connectivity index (χ3v) is 5.16. The SMILES string of the molecule is Cc1cc(F)cc(-c2nc(Cc3c(C)cc(OCC(=O)O)c(C)c3C)ccc2O)c1. The summed E-state index contributed by atoms with van der Waals surface area (Å²) < 4.78 is 19.2. The minimum atomic E-state index is -1.03. The molecule has 0 aliphatic heterocycles. The van der Waals surface area contributed by atoms with Crippen molar-refractivity contribution in [2.24, 2.45) is 0 Å². The number of hydrogen-bond acceptors (Lipinski definition) is 4. The molecule has 0 saturated carbocycles. The van der Waals surface area contributed by atoms with Crippen LogP contribution in [0.25, 0.3) is 11.3 Å². The van der Waals surface area contributed by atoms with E-state index in [9.17, 15) is 14.3 Å². The van der Waals surface area contributed by atoms with Crippen molar-refractivity contribution in [2.45, 2.75) is 34.1 Å². The first-order chi connectivity index (χ1) is 14.2. The van der Waals surface area contributed by atoms with Crippen LogP contribution in [0.3, 0.4) is 0 Å². The predicted molar refractivity (Wildman–Crippen MR) is 113 cm³/mol. The number of carbonyl (C=O) groups is 1. The zero-order valence-electron chi connectivity index (χ0n) is 17.4. The Morgan fingerprint density at radius 1 is 1.07 bits per heavy atom. The molecule has 6 heteroatoms. The molecular weight excluding hydrogens is 385 g/mol. The molecule has 0 aliphatic rings. The van der Waals surface area contributed by atoms with Crippen LogP contribution in [0, 0.1) is 33.5 Å². The summed E-state index contributed by atoms with van der Waals surface area (Å²) in [4.78, 5) is 15.4. The van der Waals surface area contributed by atoms with Gasteiger partial charge in [0.15, 0.2) is 6.61 Å². The number of ether oxygens (including phenoxy) is 1. The molecular formula is C24H24FNO4. The van der Waals surface area contributed by atoms with E-state index in [1.807, 2.05) is 26.8 Å². The summed E-state index contributed by atoms with van der Waals surface area (Å²) in [6, 6.07) is 9.71. The van der Waals surface area contributed by atoms with E-state index in [1.165, 1.54) is 12.1 Å². The van der Waals surface area contributed by atoms with E-state index >= 15 is 0 Å². The van der Waals surface area contributed by atoms with Gasteiger partial charge >= 0.3 is 5.97 Å². The molecule has 0 saturated heterocycles. The van der Waals surface area contributed by atoms with Gasteiger partial charge in [0.2, 0.25) is 0 Å². The Morgan fingerprint density at radius 3 is 2.47 bits per heavy atom. The van der Waals surface area contributed by atoms with Crippen LogP contribution >= 0.6 is 0 Å². The number of aromatic nitrogens is 1. The second-order valence-electron chi connectivity index (χ2n) is 7.47. The van der Waals surface area contributed by atoms with Crippen LogP contribution in [-0.4, -0.2) is 27.8 Å². The summed E-state index contributed by atoms with van der Waals surface area (Å²) in [6.45, 7) is 7.18. The number of pyridine rings is 1. The van der Waals surface area contributed by atoms with Crippen LogP contribution in [0.15, 0.2) is 36.4 Å². The topological polar surface area (TPSA) is 79.7 Å². The molecule has 0 aliphatic carbocycles. The zero-order valence-corrected chi connectivity index (χ0v) is 17.4. The Bertz CT molecular complexity index is 1100. The van der Waals surface area contributed by atoms with Gasteiger partial charge < -0.3 is 14.9 Å². The number of carboxylic acid groups (broad SMARTS) is 1. The Balaban J connectivity index is 1.97. The summed E-state index contributed by atoms with van der Waals surface area (Å²) in [5.41, 5.74) is 6.21. The van der Waals surface area contributed by atoms with Gasteiger partial charge in [-0.05, 0) is 91.9 Å². The molecule has 5 nitrogen and oxygen atoms in total. The lowest BCUT2D eigenvalue weighted by Gasteiger charge is -2.17.